The van der Waals surface area contributed by atoms with E-state index in [1.54, 1.807) is 24.7 Å². The molecule has 3 N–H and O–H groups in total. The van der Waals surface area contributed by atoms with Crippen molar-refractivity contribution in [2.45, 2.75) is 6.42 Å². The Morgan fingerprint density at radius 3 is 2.35 bits per heavy atom. The van der Waals surface area contributed by atoms with Gasteiger partial charge >= 0.3 is 0 Å². The van der Waals surface area contributed by atoms with Gasteiger partial charge in [0.05, 0.1) is 5.39 Å². The number of hydrogen-bond donors (Lipinski definition) is 3. The molecular weight excluding hydrogens is 480 g/mol. The Morgan fingerprint density at radius 1 is 0.865 bits per heavy atom. The molecule has 10 heteroatoms. The number of anilines is 2. The lowest BCUT2D eigenvalue weighted by Gasteiger charge is -2.10. The molecule has 5 rings (SSSR count). The topological polar surface area (TPSA) is 109 Å². The molecule has 184 valence electrons. The van der Waals surface area contributed by atoms with Crippen LogP contribution in [0.15, 0.2) is 85.3 Å². The first kappa shape index (κ1) is 23.6. The number of benzene rings is 2. The van der Waals surface area contributed by atoms with Gasteiger partial charge in [0.15, 0.2) is 11.6 Å². The molecule has 3 heterocycles. The number of carbonyl (C=O) groups excluding carboxylic acids is 2. The van der Waals surface area contributed by atoms with Gasteiger partial charge < -0.3 is 20.4 Å². The summed E-state index contributed by atoms with van der Waals surface area (Å²) in [6.45, 7) is 0. The first-order valence-corrected chi connectivity index (χ1v) is 11.2. The Hall–Kier alpha value is -5.12. The first-order chi connectivity index (χ1) is 17.9. The van der Waals surface area contributed by atoms with Gasteiger partial charge in [-0.1, -0.05) is 0 Å². The molecule has 0 aliphatic heterocycles. The van der Waals surface area contributed by atoms with Crippen LogP contribution in [-0.2, 0) is 9.59 Å². The van der Waals surface area contributed by atoms with Crippen LogP contribution in [0.25, 0.3) is 22.3 Å². The molecule has 2 aromatic carbocycles. The second kappa shape index (κ2) is 10.2. The van der Waals surface area contributed by atoms with Crippen molar-refractivity contribution in [1.82, 2.24) is 15.0 Å². The number of rotatable bonds is 7. The van der Waals surface area contributed by atoms with Crippen molar-refractivity contribution in [3.63, 3.8) is 0 Å². The Morgan fingerprint density at radius 2 is 1.62 bits per heavy atom. The van der Waals surface area contributed by atoms with E-state index in [-0.39, 0.29) is 11.4 Å². The van der Waals surface area contributed by atoms with Crippen LogP contribution in [0.2, 0.25) is 0 Å². The van der Waals surface area contributed by atoms with Gasteiger partial charge in [-0.2, -0.15) is 0 Å². The van der Waals surface area contributed by atoms with Crippen molar-refractivity contribution in [2.24, 2.45) is 0 Å². The van der Waals surface area contributed by atoms with Gasteiger partial charge in [-0.25, -0.2) is 13.8 Å². The Bertz CT molecular complexity index is 1590. The van der Waals surface area contributed by atoms with Crippen molar-refractivity contribution in [1.29, 1.82) is 0 Å². The van der Waals surface area contributed by atoms with Crippen molar-refractivity contribution in [3.05, 3.63) is 97.0 Å². The summed E-state index contributed by atoms with van der Waals surface area (Å²) in [5.74, 6) is -2.04. The predicted octanol–water partition coefficient (Wildman–Crippen LogP) is 5.66. The Kier molecular flexibility index (Phi) is 6.54. The number of aromatic nitrogens is 3. The zero-order chi connectivity index (χ0) is 25.8. The minimum absolute atomic E-state index is 0.0521. The zero-order valence-corrected chi connectivity index (χ0v) is 19.2. The summed E-state index contributed by atoms with van der Waals surface area (Å²) in [4.78, 5) is 35.9. The third-order valence-electron chi connectivity index (χ3n) is 5.35. The van der Waals surface area contributed by atoms with E-state index < -0.39 is 29.9 Å². The molecule has 0 bridgehead atoms. The number of hydrogen-bond acceptors (Lipinski definition) is 5. The van der Waals surface area contributed by atoms with Gasteiger partial charge in [-0.3, -0.25) is 14.6 Å². The summed E-state index contributed by atoms with van der Waals surface area (Å²) >= 11 is 0. The lowest BCUT2D eigenvalue weighted by molar-refractivity contribution is -0.123. The second-order valence-corrected chi connectivity index (χ2v) is 8.02. The monoisotopic (exact) mass is 499 g/mol. The molecule has 0 unspecified atom stereocenters. The van der Waals surface area contributed by atoms with E-state index in [1.807, 2.05) is 18.2 Å². The van der Waals surface area contributed by atoms with Crippen LogP contribution in [0, 0.1) is 11.6 Å². The minimum atomic E-state index is -0.707. The predicted molar refractivity (Wildman–Crippen MR) is 134 cm³/mol. The molecule has 0 spiro atoms. The number of nitrogens with one attached hydrogen (secondary N) is 3. The highest BCUT2D eigenvalue weighted by molar-refractivity contribution is 6.08. The van der Waals surface area contributed by atoms with Crippen LogP contribution in [0.3, 0.4) is 0 Å². The standard InChI is InChI=1S/C27H19F2N5O3/c28-17-3-5-18(6-4-17)32-25(35)14-26(36)33-19-7-8-24(21(29)12-19)37-23-9-11-31-27-20(23)13-22(34-27)16-2-1-10-30-15-16/h1-13,15H,14H2,(H,31,34)(H,32,35)(H,33,36). The number of amides is 2. The number of carbonyl (C=O) groups is 2. The van der Waals surface area contributed by atoms with E-state index in [1.165, 1.54) is 36.4 Å². The van der Waals surface area contributed by atoms with Crippen LogP contribution < -0.4 is 15.4 Å². The largest absolute Gasteiger partial charge is 0.453 e. The van der Waals surface area contributed by atoms with Crippen LogP contribution in [0.4, 0.5) is 20.2 Å². The fourth-order valence-electron chi connectivity index (χ4n) is 3.64. The second-order valence-electron chi connectivity index (χ2n) is 8.02. The summed E-state index contributed by atoms with van der Waals surface area (Å²) in [6.07, 6.45) is 4.44. The third-order valence-corrected chi connectivity index (χ3v) is 5.35. The van der Waals surface area contributed by atoms with E-state index in [4.69, 9.17) is 4.74 Å². The van der Waals surface area contributed by atoms with Crippen molar-refractivity contribution >= 4 is 34.2 Å². The molecule has 0 aliphatic carbocycles. The number of H-pyrrole nitrogens is 1. The third kappa shape index (κ3) is 5.59. The quantitative estimate of drug-likeness (QED) is 0.250. The fourth-order valence-corrected chi connectivity index (χ4v) is 3.64. The van der Waals surface area contributed by atoms with E-state index >= 15 is 0 Å². The molecule has 0 radical (unpaired) electrons. The lowest BCUT2D eigenvalue weighted by atomic mass is 10.2. The SMILES string of the molecule is O=C(CC(=O)Nc1ccc(Oc2ccnc3[nH]c(-c4cccnc4)cc23)c(F)c1)Nc1ccc(F)cc1. The minimum Gasteiger partial charge on any atom is -0.453 e. The van der Waals surface area contributed by atoms with Gasteiger partial charge in [0.25, 0.3) is 0 Å². The first-order valence-electron chi connectivity index (χ1n) is 11.2. The summed E-state index contributed by atoms with van der Waals surface area (Å²) in [7, 11) is 0. The zero-order valence-electron chi connectivity index (χ0n) is 19.2. The van der Waals surface area contributed by atoms with Crippen LogP contribution in [0.1, 0.15) is 6.42 Å². The lowest BCUT2D eigenvalue weighted by Crippen LogP contribution is -2.21. The molecular formula is C27H19F2N5O3. The van der Waals surface area contributed by atoms with Crippen molar-refractivity contribution in [2.75, 3.05) is 10.6 Å². The van der Waals surface area contributed by atoms with Crippen LogP contribution in [-0.4, -0.2) is 26.8 Å². The maximum Gasteiger partial charge on any atom is 0.233 e. The van der Waals surface area contributed by atoms with Crippen molar-refractivity contribution < 1.29 is 23.1 Å². The number of aromatic amines is 1. The van der Waals surface area contributed by atoms with Crippen molar-refractivity contribution in [3.8, 4) is 22.8 Å². The molecule has 2 amide bonds. The maximum atomic E-state index is 14.8. The van der Waals surface area contributed by atoms with Gasteiger partial charge in [-0.05, 0) is 60.7 Å². The Labute approximate surface area is 209 Å². The van der Waals surface area contributed by atoms with Gasteiger partial charge in [0.1, 0.15) is 23.6 Å². The smallest absolute Gasteiger partial charge is 0.233 e. The van der Waals surface area contributed by atoms with Crippen LogP contribution >= 0.6 is 0 Å². The molecule has 0 fully saturated rings. The highest BCUT2D eigenvalue weighted by atomic mass is 19.1. The highest BCUT2D eigenvalue weighted by Gasteiger charge is 2.14. The maximum absolute atomic E-state index is 14.8. The number of pyridine rings is 2. The van der Waals surface area contributed by atoms with E-state index in [0.29, 0.717) is 22.5 Å². The summed E-state index contributed by atoms with van der Waals surface area (Å²) in [5, 5.41) is 5.62. The normalized spacial score (nSPS) is 10.8. The summed E-state index contributed by atoms with van der Waals surface area (Å²) in [6, 6.07) is 16.3. The molecule has 0 atom stereocenters. The molecule has 37 heavy (non-hydrogen) atoms. The molecule has 3 aromatic heterocycles. The fraction of sp³-hybridized carbons (Fsp3) is 0.0370. The molecule has 0 saturated heterocycles. The molecule has 5 aromatic rings. The number of halogens is 2. The summed E-state index contributed by atoms with van der Waals surface area (Å²) < 4.78 is 33.6. The molecule has 0 saturated carbocycles. The van der Waals surface area contributed by atoms with Crippen LogP contribution in [0.5, 0.6) is 11.5 Å². The Balaban J connectivity index is 1.25. The molecule has 0 aliphatic rings. The number of fused-ring (bicyclic) bond motifs is 1. The average molecular weight is 499 g/mol. The number of nitrogens with zero attached hydrogens (tertiary/aromatic N) is 2. The van der Waals surface area contributed by atoms with E-state index in [2.05, 4.69) is 25.6 Å². The average Bonchev–Trinajstić information content (AvgIpc) is 3.33. The van der Waals surface area contributed by atoms with Gasteiger partial charge in [0.2, 0.25) is 11.8 Å². The number of ether oxygens (including phenoxy) is 1. The summed E-state index contributed by atoms with van der Waals surface area (Å²) in [5.41, 5.74) is 2.73. The van der Waals surface area contributed by atoms with Gasteiger partial charge in [-0.15, -0.1) is 0 Å². The van der Waals surface area contributed by atoms with Gasteiger partial charge in [0, 0.05) is 47.3 Å². The highest BCUT2D eigenvalue weighted by Crippen LogP contribution is 2.33. The van der Waals surface area contributed by atoms with E-state index in [0.717, 1.165) is 17.3 Å². The van der Waals surface area contributed by atoms with E-state index in [9.17, 15) is 18.4 Å². The molecule has 8 nitrogen and oxygen atoms in total.